The first kappa shape index (κ1) is 16.7. The fraction of sp³-hybridized carbons (Fsp3) is 0.211. The van der Waals surface area contributed by atoms with E-state index in [0.717, 1.165) is 16.9 Å². The van der Waals surface area contributed by atoms with E-state index in [-0.39, 0.29) is 5.57 Å². The summed E-state index contributed by atoms with van der Waals surface area (Å²) in [5, 5.41) is 2.21. The Hall–Kier alpha value is -3.15. The number of furan rings is 1. The van der Waals surface area contributed by atoms with Gasteiger partial charge in [0.25, 0.3) is 11.8 Å². The first-order valence-corrected chi connectivity index (χ1v) is 7.98. The molecular formula is C19H18N2O4. The third-order valence-electron chi connectivity index (χ3n) is 4.08. The van der Waals surface area contributed by atoms with E-state index >= 15 is 0 Å². The van der Waals surface area contributed by atoms with Crippen LogP contribution in [-0.4, -0.2) is 17.8 Å². The Bertz CT molecular complexity index is 891. The Morgan fingerprint density at radius 1 is 1.12 bits per heavy atom. The zero-order valence-electron chi connectivity index (χ0n) is 14.3. The van der Waals surface area contributed by atoms with Gasteiger partial charge in [-0.25, -0.2) is 9.69 Å². The van der Waals surface area contributed by atoms with E-state index in [1.165, 1.54) is 6.08 Å². The number of barbiturate groups is 1. The number of carbonyl (C=O) groups excluding carboxylic acids is 3. The van der Waals surface area contributed by atoms with Crippen molar-refractivity contribution in [1.29, 1.82) is 0 Å². The average molecular weight is 338 g/mol. The third-order valence-corrected chi connectivity index (χ3v) is 4.08. The summed E-state index contributed by atoms with van der Waals surface area (Å²) < 4.78 is 5.42. The number of nitrogens with one attached hydrogen (secondary N) is 1. The van der Waals surface area contributed by atoms with Crippen molar-refractivity contribution in [1.82, 2.24) is 5.32 Å². The number of carbonyl (C=O) groups is 3. The number of aryl methyl sites for hydroxylation is 3. The molecule has 25 heavy (non-hydrogen) atoms. The quantitative estimate of drug-likeness (QED) is 0.689. The van der Waals surface area contributed by atoms with E-state index in [1.807, 2.05) is 19.1 Å². The molecule has 1 fully saturated rings. The van der Waals surface area contributed by atoms with E-state index < -0.39 is 17.8 Å². The minimum Gasteiger partial charge on any atom is -0.466 e. The van der Waals surface area contributed by atoms with Crippen molar-refractivity contribution in [3.8, 4) is 0 Å². The van der Waals surface area contributed by atoms with Gasteiger partial charge < -0.3 is 4.42 Å². The highest BCUT2D eigenvalue weighted by Gasteiger charge is 2.36. The maximum absolute atomic E-state index is 12.8. The summed E-state index contributed by atoms with van der Waals surface area (Å²) in [7, 11) is 0. The van der Waals surface area contributed by atoms with Gasteiger partial charge in [-0.1, -0.05) is 19.1 Å². The zero-order valence-corrected chi connectivity index (χ0v) is 14.3. The maximum Gasteiger partial charge on any atom is 0.335 e. The smallest absolute Gasteiger partial charge is 0.335 e. The van der Waals surface area contributed by atoms with Crippen molar-refractivity contribution < 1.29 is 18.8 Å². The number of hydrogen-bond donors (Lipinski definition) is 1. The van der Waals surface area contributed by atoms with Gasteiger partial charge in [-0.2, -0.15) is 0 Å². The van der Waals surface area contributed by atoms with Crippen LogP contribution in [-0.2, 0) is 16.0 Å². The van der Waals surface area contributed by atoms with Gasteiger partial charge in [0, 0.05) is 5.56 Å². The molecule has 0 saturated carbocycles. The minimum absolute atomic E-state index is 0.108. The van der Waals surface area contributed by atoms with Gasteiger partial charge in [0.2, 0.25) is 0 Å². The molecule has 128 valence electrons. The molecule has 1 aromatic heterocycles. The Kier molecular flexibility index (Phi) is 4.27. The molecule has 1 saturated heterocycles. The lowest BCUT2D eigenvalue weighted by Gasteiger charge is -2.26. The van der Waals surface area contributed by atoms with E-state index in [0.29, 0.717) is 22.8 Å². The Labute approximate surface area is 145 Å². The number of anilines is 1. The van der Waals surface area contributed by atoms with E-state index in [2.05, 4.69) is 5.32 Å². The molecule has 0 atom stereocenters. The molecule has 1 N–H and O–H groups in total. The summed E-state index contributed by atoms with van der Waals surface area (Å²) in [4.78, 5) is 38.0. The second kappa shape index (κ2) is 6.39. The van der Waals surface area contributed by atoms with Gasteiger partial charge in [-0.3, -0.25) is 14.9 Å². The number of urea groups is 1. The molecule has 2 heterocycles. The predicted octanol–water partition coefficient (Wildman–Crippen LogP) is 3.13. The Balaban J connectivity index is 2.00. The molecule has 0 aliphatic carbocycles. The van der Waals surface area contributed by atoms with Gasteiger partial charge in [-0.05, 0) is 50.1 Å². The van der Waals surface area contributed by atoms with Crippen LogP contribution >= 0.6 is 0 Å². The number of nitrogens with zero attached hydrogens (tertiary/aromatic N) is 1. The molecule has 1 aliphatic rings. The van der Waals surface area contributed by atoms with E-state index in [9.17, 15) is 14.4 Å². The third kappa shape index (κ3) is 3.10. The van der Waals surface area contributed by atoms with Gasteiger partial charge in [0.15, 0.2) is 0 Å². The molecule has 0 unspecified atom stereocenters. The largest absolute Gasteiger partial charge is 0.466 e. The van der Waals surface area contributed by atoms with Gasteiger partial charge in [0.05, 0.1) is 5.69 Å². The normalized spacial score (nSPS) is 16.5. The highest BCUT2D eigenvalue weighted by Crippen LogP contribution is 2.24. The van der Waals surface area contributed by atoms with Crippen molar-refractivity contribution in [2.75, 3.05) is 4.90 Å². The van der Waals surface area contributed by atoms with Crippen LogP contribution in [0, 0.1) is 13.8 Å². The molecule has 2 aromatic rings. The maximum atomic E-state index is 12.8. The lowest BCUT2D eigenvalue weighted by molar-refractivity contribution is -0.122. The Morgan fingerprint density at radius 2 is 1.80 bits per heavy atom. The number of imide groups is 2. The predicted molar refractivity (Wildman–Crippen MR) is 93.0 cm³/mol. The molecule has 4 amide bonds. The summed E-state index contributed by atoms with van der Waals surface area (Å²) in [6, 6.07) is 8.06. The monoisotopic (exact) mass is 338 g/mol. The average Bonchev–Trinajstić information content (AvgIpc) is 2.89. The first-order valence-electron chi connectivity index (χ1n) is 7.98. The van der Waals surface area contributed by atoms with Crippen LogP contribution in [0.1, 0.15) is 29.6 Å². The van der Waals surface area contributed by atoms with Crippen LogP contribution in [0.15, 0.2) is 40.3 Å². The second-order valence-corrected chi connectivity index (χ2v) is 5.85. The van der Waals surface area contributed by atoms with Gasteiger partial charge in [0.1, 0.15) is 17.1 Å². The van der Waals surface area contributed by atoms with Crippen LogP contribution in [0.3, 0.4) is 0 Å². The number of benzene rings is 1. The topological polar surface area (TPSA) is 79.6 Å². The highest BCUT2D eigenvalue weighted by atomic mass is 16.3. The first-order chi connectivity index (χ1) is 11.9. The van der Waals surface area contributed by atoms with Crippen LogP contribution < -0.4 is 10.2 Å². The van der Waals surface area contributed by atoms with Crippen molar-refractivity contribution in [3.63, 3.8) is 0 Å². The van der Waals surface area contributed by atoms with Crippen molar-refractivity contribution >= 4 is 29.6 Å². The van der Waals surface area contributed by atoms with E-state index in [4.69, 9.17) is 4.42 Å². The molecule has 3 rings (SSSR count). The molecular weight excluding hydrogens is 320 g/mol. The van der Waals surface area contributed by atoms with Crippen LogP contribution in [0.4, 0.5) is 10.5 Å². The minimum atomic E-state index is -0.753. The summed E-state index contributed by atoms with van der Waals surface area (Å²) in [5.41, 5.74) is 2.03. The number of amides is 4. The fourth-order valence-corrected chi connectivity index (χ4v) is 2.72. The second-order valence-electron chi connectivity index (χ2n) is 5.85. The van der Waals surface area contributed by atoms with Crippen molar-refractivity contribution in [2.24, 2.45) is 0 Å². The molecule has 0 spiro atoms. The van der Waals surface area contributed by atoms with E-state index in [1.54, 1.807) is 32.0 Å². The standard InChI is InChI=1S/C19H18N2O4/c1-4-13-5-7-15(8-6-13)21-18(23)16(17(22)20-19(21)24)10-14-9-11(2)25-12(14)3/h5-10H,4H2,1-3H3,(H,20,22,24)/b16-10+. The lowest BCUT2D eigenvalue weighted by atomic mass is 10.1. The summed E-state index contributed by atoms with van der Waals surface area (Å²) in [6.07, 6.45) is 2.30. The zero-order chi connectivity index (χ0) is 18.1. The lowest BCUT2D eigenvalue weighted by Crippen LogP contribution is -2.54. The Morgan fingerprint density at radius 3 is 2.36 bits per heavy atom. The molecule has 6 heteroatoms. The number of hydrogen-bond acceptors (Lipinski definition) is 4. The summed E-state index contributed by atoms with van der Waals surface area (Å²) in [6.45, 7) is 5.54. The van der Waals surface area contributed by atoms with Crippen LogP contribution in [0.5, 0.6) is 0 Å². The van der Waals surface area contributed by atoms with Gasteiger partial charge >= 0.3 is 6.03 Å². The van der Waals surface area contributed by atoms with Gasteiger partial charge in [-0.15, -0.1) is 0 Å². The summed E-state index contributed by atoms with van der Waals surface area (Å²) in [5.74, 6) is -0.0941. The van der Waals surface area contributed by atoms with Crippen molar-refractivity contribution in [2.45, 2.75) is 27.2 Å². The van der Waals surface area contributed by atoms with Crippen molar-refractivity contribution in [3.05, 3.63) is 58.6 Å². The number of rotatable bonds is 3. The fourth-order valence-electron chi connectivity index (χ4n) is 2.72. The summed E-state index contributed by atoms with van der Waals surface area (Å²) >= 11 is 0. The molecule has 6 nitrogen and oxygen atoms in total. The highest BCUT2D eigenvalue weighted by molar-refractivity contribution is 6.39. The molecule has 0 bridgehead atoms. The molecule has 1 aromatic carbocycles. The van der Waals surface area contributed by atoms with Crippen LogP contribution in [0.25, 0.3) is 6.08 Å². The SMILES string of the molecule is CCc1ccc(N2C(=O)NC(=O)/C(=C\c3cc(C)oc3C)C2=O)cc1. The molecule has 0 radical (unpaired) electrons. The molecule has 1 aliphatic heterocycles. The van der Waals surface area contributed by atoms with Crippen LogP contribution in [0.2, 0.25) is 0 Å².